The molecule has 2 amide bonds. The van der Waals surface area contributed by atoms with Crippen molar-refractivity contribution in [3.05, 3.63) is 82.9 Å². The van der Waals surface area contributed by atoms with E-state index in [1.807, 2.05) is 37.3 Å². The minimum Gasteiger partial charge on any atom is -0.507 e. The maximum Gasteiger partial charge on any atom is 0.488 e. The van der Waals surface area contributed by atoms with Crippen molar-refractivity contribution in [3.8, 4) is 5.75 Å². The van der Waals surface area contributed by atoms with Crippen LogP contribution in [0, 0.1) is 17.8 Å². The van der Waals surface area contributed by atoms with Gasteiger partial charge in [0.15, 0.2) is 0 Å². The zero-order valence-corrected chi connectivity index (χ0v) is 25.2. The molecule has 0 unspecified atom stereocenters. The van der Waals surface area contributed by atoms with Crippen molar-refractivity contribution >= 4 is 46.9 Å². The topological polar surface area (TPSA) is 139 Å². The number of carbonyl (C=O) groups excluding carboxylic acids is 2. The first-order valence-corrected chi connectivity index (χ1v) is 15.4. The monoisotopic (exact) mass is 597 g/mol. The number of benzene rings is 3. The van der Waals surface area contributed by atoms with Crippen LogP contribution in [0.1, 0.15) is 57.9 Å². The van der Waals surface area contributed by atoms with Gasteiger partial charge in [-0.05, 0) is 72.3 Å². The Bertz CT molecular complexity index is 1610. The molecule has 0 spiro atoms. The number of anilines is 1. The van der Waals surface area contributed by atoms with Crippen molar-refractivity contribution in [1.29, 1.82) is 0 Å². The van der Waals surface area contributed by atoms with E-state index in [4.69, 9.17) is 0 Å². The van der Waals surface area contributed by atoms with Gasteiger partial charge in [-0.3, -0.25) is 14.5 Å². The summed E-state index contributed by atoms with van der Waals surface area (Å²) in [5.41, 5.74) is 4.12. The van der Waals surface area contributed by atoms with Gasteiger partial charge < -0.3 is 25.4 Å². The van der Waals surface area contributed by atoms with Crippen LogP contribution in [-0.4, -0.2) is 57.0 Å². The lowest BCUT2D eigenvalue weighted by atomic mass is 9.67. The lowest BCUT2D eigenvalue weighted by molar-refractivity contribution is -0.123. The van der Waals surface area contributed by atoms with E-state index in [2.05, 4.69) is 13.0 Å². The number of fused-ring (bicyclic) bond motifs is 2. The summed E-state index contributed by atoms with van der Waals surface area (Å²) in [5.74, 6) is -2.78. The Morgan fingerprint density at radius 2 is 1.75 bits per heavy atom. The van der Waals surface area contributed by atoms with Gasteiger partial charge >= 0.3 is 7.12 Å². The minimum atomic E-state index is -1.75. The van der Waals surface area contributed by atoms with E-state index in [0.717, 1.165) is 45.2 Å². The summed E-state index contributed by atoms with van der Waals surface area (Å²) in [5, 5.41) is 53.5. The SMILES string of the molecule is CCC/C(=C\c1ccc(O)c2ccccc12)CC[C@@H](O)C1=C(CC)C[C@H]2C(=O)N(c3cccc(B(O)O)c3)C(=O)[C@H]2[C@H]1CO. The molecule has 9 heteroatoms. The molecule has 3 aromatic carbocycles. The number of carbonyl (C=O) groups is 2. The molecule has 2 aliphatic rings. The Morgan fingerprint density at radius 3 is 2.43 bits per heavy atom. The predicted molar refractivity (Wildman–Crippen MR) is 172 cm³/mol. The number of hydrogen-bond acceptors (Lipinski definition) is 7. The first-order valence-electron chi connectivity index (χ1n) is 15.4. The van der Waals surface area contributed by atoms with Crippen LogP contribution in [0.3, 0.4) is 0 Å². The Morgan fingerprint density at radius 1 is 1.00 bits per heavy atom. The second-order valence-corrected chi connectivity index (χ2v) is 11.8. The smallest absolute Gasteiger partial charge is 0.488 e. The van der Waals surface area contributed by atoms with E-state index in [-0.39, 0.29) is 29.4 Å². The predicted octanol–water partition coefficient (Wildman–Crippen LogP) is 4.07. The standard InChI is InChI=1S/C35H40BNO7/c1-3-8-21(17-23-14-16-30(39)27-12-6-5-11-26(23)27)13-15-31(40)32-22(4-2)18-28-33(29(32)20-38)35(42)37(34(28)41)25-10-7-9-24(19-25)36(43)44/h5-7,9-12,14,16-17,19,28-29,31,33,38-40,43-44H,3-4,8,13,15,18,20H2,1-2H3/b21-17+/t28-,29+,31-,33-/m1/s1. The number of imide groups is 1. The molecular weight excluding hydrogens is 557 g/mol. The maximum absolute atomic E-state index is 13.8. The third kappa shape index (κ3) is 5.97. The molecule has 3 aromatic rings. The van der Waals surface area contributed by atoms with Gasteiger partial charge in [-0.1, -0.05) is 80.0 Å². The molecule has 1 heterocycles. The van der Waals surface area contributed by atoms with Gasteiger partial charge in [0, 0.05) is 11.3 Å². The van der Waals surface area contributed by atoms with E-state index in [1.54, 1.807) is 18.2 Å². The van der Waals surface area contributed by atoms with Gasteiger partial charge in [-0.15, -0.1) is 0 Å². The number of allylic oxidation sites excluding steroid dienone is 2. The molecule has 44 heavy (non-hydrogen) atoms. The fourth-order valence-electron chi connectivity index (χ4n) is 7.10. The molecule has 0 aromatic heterocycles. The van der Waals surface area contributed by atoms with Crippen molar-refractivity contribution in [1.82, 2.24) is 0 Å². The average Bonchev–Trinajstić information content (AvgIpc) is 3.28. The number of aromatic hydroxyl groups is 1. The Labute approximate surface area is 258 Å². The molecule has 0 radical (unpaired) electrons. The molecule has 230 valence electrons. The van der Waals surface area contributed by atoms with Crippen LogP contribution in [0.15, 0.2) is 77.4 Å². The Kier molecular flexibility index (Phi) is 9.70. The summed E-state index contributed by atoms with van der Waals surface area (Å²) >= 11 is 0. The number of rotatable bonds is 11. The summed E-state index contributed by atoms with van der Waals surface area (Å²) in [6.45, 7) is 3.68. The molecule has 0 bridgehead atoms. The van der Waals surface area contributed by atoms with Crippen LogP contribution in [0.5, 0.6) is 5.75 Å². The highest BCUT2D eigenvalue weighted by Gasteiger charge is 2.55. The number of phenolic OH excluding ortho intramolecular Hbond substituents is 1. The van der Waals surface area contributed by atoms with Crippen molar-refractivity contribution in [2.45, 2.75) is 58.5 Å². The molecule has 0 saturated carbocycles. The summed E-state index contributed by atoms with van der Waals surface area (Å²) in [6.07, 6.45) is 4.89. The van der Waals surface area contributed by atoms with Crippen LogP contribution in [0.4, 0.5) is 5.69 Å². The molecule has 1 fully saturated rings. The molecule has 1 aliphatic heterocycles. The van der Waals surface area contributed by atoms with E-state index in [0.29, 0.717) is 31.3 Å². The fourth-order valence-corrected chi connectivity index (χ4v) is 7.10. The van der Waals surface area contributed by atoms with Gasteiger partial charge in [-0.25, -0.2) is 0 Å². The number of hydrogen-bond donors (Lipinski definition) is 5. The zero-order valence-electron chi connectivity index (χ0n) is 25.2. The summed E-state index contributed by atoms with van der Waals surface area (Å²) in [4.78, 5) is 28.5. The first-order chi connectivity index (χ1) is 21.2. The van der Waals surface area contributed by atoms with Gasteiger partial charge in [0.05, 0.1) is 30.2 Å². The molecule has 1 saturated heterocycles. The second-order valence-electron chi connectivity index (χ2n) is 11.8. The second kappa shape index (κ2) is 13.5. The molecule has 4 atom stereocenters. The van der Waals surface area contributed by atoms with Crippen molar-refractivity contribution in [3.63, 3.8) is 0 Å². The van der Waals surface area contributed by atoms with Crippen LogP contribution >= 0.6 is 0 Å². The largest absolute Gasteiger partial charge is 0.507 e. The van der Waals surface area contributed by atoms with Gasteiger partial charge in [-0.2, -0.15) is 0 Å². The van der Waals surface area contributed by atoms with Crippen LogP contribution in [0.25, 0.3) is 16.8 Å². The van der Waals surface area contributed by atoms with Gasteiger partial charge in [0.1, 0.15) is 5.75 Å². The normalized spacial score (nSPS) is 21.3. The first kappa shape index (κ1) is 31.7. The maximum atomic E-state index is 13.8. The lowest BCUT2D eigenvalue weighted by Crippen LogP contribution is -2.39. The van der Waals surface area contributed by atoms with E-state index in [9.17, 15) is 35.0 Å². The number of aliphatic hydroxyl groups is 2. The molecule has 8 nitrogen and oxygen atoms in total. The molecule has 1 aliphatic carbocycles. The Hall–Kier alpha value is -3.76. The van der Waals surface area contributed by atoms with Crippen molar-refractivity contribution < 1.29 is 35.0 Å². The van der Waals surface area contributed by atoms with E-state index in [1.165, 1.54) is 12.1 Å². The van der Waals surface area contributed by atoms with Crippen molar-refractivity contribution in [2.24, 2.45) is 17.8 Å². The van der Waals surface area contributed by atoms with E-state index < -0.39 is 36.9 Å². The summed E-state index contributed by atoms with van der Waals surface area (Å²) in [7, 11) is -1.75. The van der Waals surface area contributed by atoms with Crippen LogP contribution in [-0.2, 0) is 9.59 Å². The third-order valence-corrected chi connectivity index (χ3v) is 9.20. The summed E-state index contributed by atoms with van der Waals surface area (Å²) < 4.78 is 0. The molecule has 5 rings (SSSR count). The highest BCUT2D eigenvalue weighted by Crippen LogP contribution is 2.48. The number of amides is 2. The lowest BCUT2D eigenvalue weighted by Gasteiger charge is -2.36. The quantitative estimate of drug-likeness (QED) is 0.128. The summed E-state index contributed by atoms with van der Waals surface area (Å²) in [6, 6.07) is 17.3. The highest BCUT2D eigenvalue weighted by molar-refractivity contribution is 6.58. The zero-order chi connectivity index (χ0) is 31.5. The van der Waals surface area contributed by atoms with Gasteiger partial charge in [0.2, 0.25) is 11.8 Å². The van der Waals surface area contributed by atoms with Crippen molar-refractivity contribution in [2.75, 3.05) is 11.5 Å². The fraction of sp³-hybridized carbons (Fsp3) is 0.371. The average molecular weight is 598 g/mol. The molecule has 5 N–H and O–H groups in total. The minimum absolute atomic E-state index is 0.163. The van der Waals surface area contributed by atoms with Crippen LogP contribution in [0.2, 0.25) is 0 Å². The van der Waals surface area contributed by atoms with Crippen LogP contribution < -0.4 is 10.4 Å². The number of aliphatic hydroxyl groups excluding tert-OH is 2. The number of nitrogens with zero attached hydrogens (tertiary/aromatic N) is 1. The highest BCUT2D eigenvalue weighted by atomic mass is 16.4. The number of phenols is 1. The Balaban J connectivity index is 1.41. The third-order valence-electron chi connectivity index (χ3n) is 9.20. The van der Waals surface area contributed by atoms with E-state index >= 15 is 0 Å². The molecular formula is C35H40BNO7. The van der Waals surface area contributed by atoms with Gasteiger partial charge in [0.25, 0.3) is 0 Å².